The Morgan fingerprint density at radius 2 is 1.95 bits per heavy atom. The van der Waals surface area contributed by atoms with Crippen molar-refractivity contribution in [3.05, 3.63) is 40.7 Å². The third-order valence-electron chi connectivity index (χ3n) is 2.60. The molecule has 4 nitrogen and oxygen atoms in total. The van der Waals surface area contributed by atoms with Gasteiger partial charge in [0.2, 0.25) is 0 Å². The van der Waals surface area contributed by atoms with Crippen LogP contribution in [0.25, 0.3) is 0 Å². The summed E-state index contributed by atoms with van der Waals surface area (Å²) in [7, 11) is 0. The molecule has 2 rings (SSSR count). The molecule has 100 valence electrons. The molecular weight excluding hydrogens is 262 g/mol. The van der Waals surface area contributed by atoms with Gasteiger partial charge in [0.1, 0.15) is 0 Å². The van der Waals surface area contributed by atoms with Crippen LogP contribution in [-0.4, -0.2) is 9.97 Å². The fourth-order valence-electron chi connectivity index (χ4n) is 1.60. The van der Waals surface area contributed by atoms with Crippen molar-refractivity contribution in [2.75, 3.05) is 5.73 Å². The summed E-state index contributed by atoms with van der Waals surface area (Å²) in [5.41, 5.74) is 8.08. The number of hydrogen-bond acceptors (Lipinski definition) is 4. The number of aryl methyl sites for hydroxylation is 1. The lowest BCUT2D eigenvalue weighted by molar-refractivity contribution is 0.437. The minimum atomic E-state index is 0.288. The monoisotopic (exact) mass is 277 g/mol. The Balaban J connectivity index is 2.35. The number of rotatable bonds is 3. The molecule has 0 unspecified atom stereocenters. The van der Waals surface area contributed by atoms with Crippen LogP contribution in [0.1, 0.15) is 31.2 Å². The number of anilines is 1. The quantitative estimate of drug-likeness (QED) is 0.863. The molecule has 1 aromatic carbocycles. The molecule has 0 spiro atoms. The fourth-order valence-corrected chi connectivity index (χ4v) is 1.76. The molecule has 0 atom stereocenters. The second-order valence-electron chi connectivity index (χ2n) is 4.66. The summed E-state index contributed by atoms with van der Waals surface area (Å²) in [6, 6.07) is 7.29. The fraction of sp³-hybridized carbons (Fsp3) is 0.286. The molecule has 19 heavy (non-hydrogen) atoms. The second-order valence-corrected chi connectivity index (χ2v) is 5.07. The summed E-state index contributed by atoms with van der Waals surface area (Å²) in [5.74, 6) is 0.766. The Labute approximate surface area is 117 Å². The van der Waals surface area contributed by atoms with Gasteiger partial charge in [0.25, 0.3) is 0 Å². The largest absolute Gasteiger partial charge is 0.423 e. The highest BCUT2D eigenvalue weighted by atomic mass is 35.5. The third-order valence-corrected chi connectivity index (χ3v) is 2.91. The van der Waals surface area contributed by atoms with Gasteiger partial charge in [-0.2, -0.15) is 4.98 Å². The van der Waals surface area contributed by atoms with E-state index in [2.05, 4.69) is 23.8 Å². The highest BCUT2D eigenvalue weighted by molar-refractivity contribution is 6.32. The summed E-state index contributed by atoms with van der Waals surface area (Å²) in [5, 5.41) is 0.477. The molecular formula is C14H16ClN3O. The van der Waals surface area contributed by atoms with Gasteiger partial charge in [-0.05, 0) is 31.0 Å². The van der Waals surface area contributed by atoms with E-state index in [0.717, 1.165) is 11.4 Å². The Hall–Kier alpha value is -1.81. The molecule has 0 aliphatic carbocycles. The lowest BCUT2D eigenvalue weighted by Crippen LogP contribution is -2.00. The zero-order chi connectivity index (χ0) is 14.0. The van der Waals surface area contributed by atoms with Crippen LogP contribution in [0.4, 0.5) is 5.69 Å². The Morgan fingerprint density at radius 1 is 1.21 bits per heavy atom. The first-order valence-electron chi connectivity index (χ1n) is 6.04. The van der Waals surface area contributed by atoms with Gasteiger partial charge in [0, 0.05) is 17.4 Å². The lowest BCUT2D eigenvalue weighted by atomic mass is 10.1. The zero-order valence-corrected chi connectivity index (χ0v) is 11.9. The van der Waals surface area contributed by atoms with Crippen molar-refractivity contribution in [2.45, 2.75) is 26.7 Å². The molecule has 1 aromatic heterocycles. The zero-order valence-electron chi connectivity index (χ0n) is 11.1. The van der Waals surface area contributed by atoms with Gasteiger partial charge in [-0.15, -0.1) is 0 Å². The number of nitrogens with zero attached hydrogens (tertiary/aromatic N) is 2. The van der Waals surface area contributed by atoms with Gasteiger partial charge in [-0.1, -0.05) is 25.4 Å². The summed E-state index contributed by atoms with van der Waals surface area (Å²) in [6.07, 6.45) is 0. The molecule has 0 bridgehead atoms. The van der Waals surface area contributed by atoms with Crippen molar-refractivity contribution in [1.82, 2.24) is 9.97 Å². The van der Waals surface area contributed by atoms with Gasteiger partial charge in [-0.25, -0.2) is 4.98 Å². The average molecular weight is 278 g/mol. The van der Waals surface area contributed by atoms with Gasteiger partial charge >= 0.3 is 6.01 Å². The third kappa shape index (κ3) is 3.35. The molecule has 0 saturated heterocycles. The summed E-state index contributed by atoms with van der Waals surface area (Å²) in [6.45, 7) is 6.04. The molecule has 2 aromatic rings. The van der Waals surface area contributed by atoms with E-state index in [4.69, 9.17) is 22.1 Å². The maximum absolute atomic E-state index is 6.05. The highest BCUT2D eigenvalue weighted by Crippen LogP contribution is 2.30. The van der Waals surface area contributed by atoms with E-state index < -0.39 is 0 Å². The van der Waals surface area contributed by atoms with E-state index in [1.165, 1.54) is 0 Å². The number of halogens is 1. The van der Waals surface area contributed by atoms with Crippen molar-refractivity contribution in [3.8, 4) is 11.8 Å². The summed E-state index contributed by atoms with van der Waals surface area (Å²) < 4.78 is 5.63. The number of aromatic nitrogens is 2. The minimum Gasteiger partial charge on any atom is -0.423 e. The van der Waals surface area contributed by atoms with E-state index in [9.17, 15) is 0 Å². The maximum Gasteiger partial charge on any atom is 0.322 e. The first-order valence-corrected chi connectivity index (χ1v) is 6.42. The number of ether oxygens (including phenoxy) is 1. The van der Waals surface area contributed by atoms with Crippen LogP contribution in [0, 0.1) is 6.92 Å². The van der Waals surface area contributed by atoms with Crippen LogP contribution < -0.4 is 10.5 Å². The van der Waals surface area contributed by atoms with Crippen molar-refractivity contribution in [1.29, 1.82) is 0 Å². The van der Waals surface area contributed by atoms with Crippen LogP contribution in [0.2, 0.25) is 5.02 Å². The van der Waals surface area contributed by atoms with E-state index in [0.29, 0.717) is 22.4 Å². The van der Waals surface area contributed by atoms with Crippen molar-refractivity contribution in [2.24, 2.45) is 0 Å². The molecule has 0 radical (unpaired) electrons. The first-order chi connectivity index (χ1) is 8.95. The second kappa shape index (κ2) is 5.45. The van der Waals surface area contributed by atoms with Gasteiger partial charge < -0.3 is 10.5 Å². The molecule has 0 saturated carbocycles. The summed E-state index contributed by atoms with van der Waals surface area (Å²) >= 11 is 6.05. The molecule has 5 heteroatoms. The summed E-state index contributed by atoms with van der Waals surface area (Å²) in [4.78, 5) is 8.62. The molecule has 2 N–H and O–H groups in total. The minimum absolute atomic E-state index is 0.288. The molecule has 0 amide bonds. The lowest BCUT2D eigenvalue weighted by Gasteiger charge is -2.10. The van der Waals surface area contributed by atoms with Gasteiger partial charge in [0.05, 0.1) is 10.7 Å². The molecule has 0 aliphatic rings. The standard InChI is InChI=1S/C14H16ClN3O/c1-8(2)12-6-9(3)17-14(18-12)19-13-7-10(16)4-5-11(13)15/h4-8H,16H2,1-3H3. The van der Waals surface area contributed by atoms with Gasteiger partial charge in [0.15, 0.2) is 5.75 Å². The van der Waals surface area contributed by atoms with E-state index in [1.54, 1.807) is 18.2 Å². The predicted molar refractivity (Wildman–Crippen MR) is 76.8 cm³/mol. The number of nitrogens with two attached hydrogens (primary N) is 1. The van der Waals surface area contributed by atoms with Crippen LogP contribution in [0.15, 0.2) is 24.3 Å². The smallest absolute Gasteiger partial charge is 0.322 e. The van der Waals surface area contributed by atoms with Crippen molar-refractivity contribution >= 4 is 17.3 Å². The Kier molecular flexibility index (Phi) is 3.90. The van der Waals surface area contributed by atoms with E-state index in [1.807, 2.05) is 13.0 Å². The number of nitrogen functional groups attached to an aromatic ring is 1. The predicted octanol–water partition coefficient (Wildman–Crippen LogP) is 3.94. The van der Waals surface area contributed by atoms with Crippen LogP contribution in [0.3, 0.4) is 0 Å². The van der Waals surface area contributed by atoms with Crippen LogP contribution in [-0.2, 0) is 0 Å². The van der Waals surface area contributed by atoms with E-state index in [-0.39, 0.29) is 6.01 Å². The first kappa shape index (κ1) is 13.6. The Bertz CT molecular complexity index is 599. The van der Waals surface area contributed by atoms with Crippen LogP contribution in [0.5, 0.6) is 11.8 Å². The number of hydrogen-bond donors (Lipinski definition) is 1. The SMILES string of the molecule is Cc1cc(C(C)C)nc(Oc2cc(N)ccc2Cl)n1. The van der Waals surface area contributed by atoms with Crippen molar-refractivity contribution in [3.63, 3.8) is 0 Å². The van der Waals surface area contributed by atoms with E-state index >= 15 is 0 Å². The molecule has 0 aliphatic heterocycles. The Morgan fingerprint density at radius 3 is 2.63 bits per heavy atom. The van der Waals surface area contributed by atoms with Crippen LogP contribution >= 0.6 is 11.6 Å². The molecule has 0 fully saturated rings. The topological polar surface area (TPSA) is 61.0 Å². The normalized spacial score (nSPS) is 10.8. The number of benzene rings is 1. The molecule has 1 heterocycles. The van der Waals surface area contributed by atoms with Gasteiger partial charge in [-0.3, -0.25) is 0 Å². The highest BCUT2D eigenvalue weighted by Gasteiger charge is 2.10. The maximum atomic E-state index is 6.05. The van der Waals surface area contributed by atoms with Crippen molar-refractivity contribution < 1.29 is 4.74 Å². The average Bonchev–Trinajstić information content (AvgIpc) is 2.33.